The van der Waals surface area contributed by atoms with E-state index in [-0.39, 0.29) is 6.04 Å². The number of ether oxygens (including phenoxy) is 1. The Kier molecular flexibility index (Phi) is 32.2. The van der Waals surface area contributed by atoms with E-state index in [1.54, 1.807) is 0 Å². The first-order valence-electron chi connectivity index (χ1n) is 25.8. The molecule has 0 amide bonds. The summed E-state index contributed by atoms with van der Waals surface area (Å²) in [7, 11) is 9.30. The first kappa shape index (κ1) is 63.2. The van der Waals surface area contributed by atoms with Gasteiger partial charge in [0.25, 0.3) is 0 Å². The Balaban J connectivity index is 1.80. The largest absolute Gasteiger partial charge is 0.448 e. The fourth-order valence-corrected chi connectivity index (χ4v) is 22.7. The summed E-state index contributed by atoms with van der Waals surface area (Å²) in [5.41, 5.74) is -8.21. The number of carbonyl (C=O) groups excluding carboxylic acids is 1. The molecule has 0 bridgehead atoms. The fourth-order valence-electron chi connectivity index (χ4n) is 10.1. The molecule has 4 atom stereocenters. The lowest BCUT2D eigenvalue weighted by Crippen LogP contribution is -2.57. The van der Waals surface area contributed by atoms with Crippen molar-refractivity contribution in [2.45, 2.75) is 228 Å². The second-order valence-corrected chi connectivity index (χ2v) is 30.4. The van der Waals surface area contributed by atoms with Crippen LogP contribution in [0, 0.1) is 5.41 Å². The van der Waals surface area contributed by atoms with Gasteiger partial charge in [-0.1, -0.05) is 186 Å². The van der Waals surface area contributed by atoms with Crippen molar-refractivity contribution in [2.75, 3.05) is 32.8 Å². The van der Waals surface area contributed by atoms with Gasteiger partial charge in [0.1, 0.15) is 45.6 Å². The summed E-state index contributed by atoms with van der Waals surface area (Å²) in [4.78, 5) is 22.7. The molecule has 0 aromatic carbocycles. The third-order valence-electron chi connectivity index (χ3n) is 13.8. The number of aliphatic hydroxyl groups excluding tert-OH is 4. The Bertz CT molecular complexity index is 1420. The van der Waals surface area contributed by atoms with Gasteiger partial charge in [-0.3, -0.25) is 0 Å². The minimum Gasteiger partial charge on any atom is -0.448 e. The minimum atomic E-state index is -2.03. The van der Waals surface area contributed by atoms with Crippen molar-refractivity contribution in [3.63, 3.8) is 0 Å². The summed E-state index contributed by atoms with van der Waals surface area (Å²) < 4.78 is 8.70. The Hall–Kier alpha value is 1.67. The molecule has 4 unspecified atom stereocenters. The zero-order chi connectivity index (χ0) is 50.2. The highest BCUT2D eigenvalue weighted by molar-refractivity contribution is 8.85. The molecule has 0 radical (unpaired) electrons. The third-order valence-corrected chi connectivity index (χ3v) is 26.5. The predicted octanol–water partition coefficient (Wildman–Crippen LogP) is 13.6. The molecule has 69 heavy (non-hydrogen) atoms. The lowest BCUT2D eigenvalue weighted by atomic mass is 9.90. The van der Waals surface area contributed by atoms with Crippen LogP contribution in [0.5, 0.6) is 0 Å². The summed E-state index contributed by atoms with van der Waals surface area (Å²) >= 11 is 24.7. The van der Waals surface area contributed by atoms with Gasteiger partial charge in [-0.25, -0.2) is 4.79 Å². The molecule has 0 spiro atoms. The van der Waals surface area contributed by atoms with E-state index < -0.39 is 39.7 Å². The molecule has 0 aromatic rings. The Morgan fingerprint density at radius 2 is 0.725 bits per heavy atom. The topological polar surface area (TPSA) is 120 Å². The first-order valence-corrected chi connectivity index (χ1v) is 36.3. The average Bonchev–Trinajstić information content (AvgIpc) is 3.38. The van der Waals surface area contributed by atoms with Crippen LogP contribution in [0.25, 0.3) is 0 Å². The van der Waals surface area contributed by atoms with Crippen molar-refractivity contribution in [1.82, 2.24) is 19.6 Å². The van der Waals surface area contributed by atoms with Crippen molar-refractivity contribution in [3.8, 4) is 0 Å². The van der Waals surface area contributed by atoms with Gasteiger partial charge >= 0.3 is 5.97 Å². The van der Waals surface area contributed by atoms with Crippen LogP contribution >= 0.6 is 135 Å². The standard InChI is InChI=1S/C47H82N4O6S12/c1-5-29-48(34-21-13-9-14-22-34)43(58)66-62-39(54)47(40(55)63-67-44(59)49(30-6-2)35-23-15-10-16-24-35,41(56)64-68-45(60)50(31-7-3)36-25-17-11-18-26-36)42(57-38(53)33-52)65-69-46(61)51(32-8-4)37-27-19-12-20-28-37/h34-37,39-42,52,54-56H,5-33H2,1-4H3. The summed E-state index contributed by atoms with van der Waals surface area (Å²) in [5, 5.41) is 49.6. The molecular weight excluding hydrogens is 1100 g/mol. The van der Waals surface area contributed by atoms with E-state index in [0.29, 0.717) is 35.4 Å². The molecule has 4 aliphatic rings. The van der Waals surface area contributed by atoms with Crippen LogP contribution in [-0.4, -0.2) is 142 Å². The Labute approximate surface area is 469 Å². The second-order valence-electron chi connectivity index (χ2n) is 18.8. The van der Waals surface area contributed by atoms with Gasteiger partial charge in [-0.05, 0) is 131 Å². The molecule has 22 heteroatoms. The van der Waals surface area contributed by atoms with E-state index in [4.69, 9.17) is 53.6 Å². The lowest BCUT2D eigenvalue weighted by Gasteiger charge is -2.47. The van der Waals surface area contributed by atoms with E-state index in [1.807, 2.05) is 0 Å². The van der Waals surface area contributed by atoms with E-state index in [0.717, 1.165) is 198 Å². The van der Waals surface area contributed by atoms with Crippen molar-refractivity contribution in [3.05, 3.63) is 0 Å². The number of aliphatic hydroxyl groups is 4. The SMILES string of the molecule is CCCN(C(=S)SSC(O)C(C(O)SSC(=S)N(CCC)C1CCCCC1)(C(O)SSC(=S)N(CCC)C1CCCCC1)C(OC(=O)CO)SSC(=S)N(CCC)C1CCCCC1)C1CCCCC1. The highest BCUT2D eigenvalue weighted by Gasteiger charge is 2.60. The van der Waals surface area contributed by atoms with E-state index >= 15 is 0 Å². The van der Waals surface area contributed by atoms with Crippen LogP contribution in [0.15, 0.2) is 0 Å². The highest BCUT2D eigenvalue weighted by atomic mass is 33.1. The third kappa shape index (κ3) is 19.6. The van der Waals surface area contributed by atoms with Crippen LogP contribution in [0.4, 0.5) is 0 Å². The molecule has 4 fully saturated rings. The van der Waals surface area contributed by atoms with Crippen molar-refractivity contribution < 1.29 is 30.0 Å². The number of hydrogen-bond acceptors (Lipinski definition) is 18. The smallest absolute Gasteiger partial charge is 0.332 e. The van der Waals surface area contributed by atoms with Crippen molar-refractivity contribution in [2.24, 2.45) is 5.41 Å². The molecule has 4 N–H and O–H groups in total. The molecule has 4 aliphatic carbocycles. The van der Waals surface area contributed by atoms with E-state index in [9.17, 15) is 25.2 Å². The quantitative estimate of drug-likeness (QED) is 0.0284. The zero-order valence-electron chi connectivity index (χ0n) is 41.4. The normalized spacial score (nSPS) is 20.5. The van der Waals surface area contributed by atoms with Gasteiger partial charge < -0.3 is 44.8 Å². The molecule has 10 nitrogen and oxygen atoms in total. The van der Waals surface area contributed by atoms with Gasteiger partial charge in [0, 0.05) is 50.3 Å². The Morgan fingerprint density at radius 1 is 0.478 bits per heavy atom. The van der Waals surface area contributed by atoms with Crippen LogP contribution in [0.3, 0.4) is 0 Å². The van der Waals surface area contributed by atoms with Gasteiger partial charge in [-0.2, -0.15) is 0 Å². The maximum Gasteiger partial charge on any atom is 0.332 e. The summed E-state index contributed by atoms with van der Waals surface area (Å²) in [6.45, 7) is 10.7. The van der Waals surface area contributed by atoms with Crippen molar-refractivity contribution in [1.29, 1.82) is 0 Å². The average molecular weight is 1180 g/mol. The van der Waals surface area contributed by atoms with Gasteiger partial charge in [0.15, 0.2) is 5.44 Å². The zero-order valence-corrected chi connectivity index (χ0v) is 51.2. The van der Waals surface area contributed by atoms with Gasteiger partial charge in [0.05, 0.1) is 0 Å². The molecule has 398 valence electrons. The van der Waals surface area contributed by atoms with Gasteiger partial charge in [0.2, 0.25) is 0 Å². The minimum absolute atomic E-state index is 0.277. The van der Waals surface area contributed by atoms with Crippen LogP contribution < -0.4 is 0 Å². The maximum absolute atomic E-state index is 13.6. The number of esters is 1. The number of hydrogen-bond donors (Lipinski definition) is 4. The molecule has 0 aromatic heterocycles. The monoisotopic (exact) mass is 1180 g/mol. The number of carbonyl (C=O) groups is 1. The highest BCUT2D eigenvalue weighted by Crippen LogP contribution is 2.59. The molecule has 0 heterocycles. The summed E-state index contributed by atoms with van der Waals surface area (Å²) in [5.74, 6) is -0.952. The molecule has 4 rings (SSSR count). The summed E-state index contributed by atoms with van der Waals surface area (Å²) in [6.07, 6.45) is 25.9. The molecular formula is C47H82N4O6S12. The van der Waals surface area contributed by atoms with Gasteiger partial charge in [-0.15, -0.1) is 0 Å². The first-order chi connectivity index (χ1) is 33.4. The second kappa shape index (κ2) is 35.2. The van der Waals surface area contributed by atoms with E-state index in [2.05, 4.69) is 47.3 Å². The van der Waals surface area contributed by atoms with Crippen LogP contribution in [0.2, 0.25) is 0 Å². The van der Waals surface area contributed by atoms with Crippen molar-refractivity contribution >= 4 is 158 Å². The summed E-state index contributed by atoms with van der Waals surface area (Å²) in [6, 6.07) is 1.17. The number of nitrogens with zero attached hydrogens (tertiary/aromatic N) is 4. The van der Waals surface area contributed by atoms with E-state index in [1.165, 1.54) is 68.9 Å². The lowest BCUT2D eigenvalue weighted by molar-refractivity contribution is -0.162. The molecule has 4 saturated carbocycles. The molecule has 0 aliphatic heterocycles. The van der Waals surface area contributed by atoms with Crippen LogP contribution in [0.1, 0.15) is 182 Å². The van der Waals surface area contributed by atoms with Crippen LogP contribution in [-0.2, 0) is 9.53 Å². The number of rotatable bonds is 26. The fraction of sp³-hybridized carbons (Fsp3) is 0.894. The number of thiocarbonyl (C=S) groups is 4. The maximum atomic E-state index is 13.6. The predicted molar refractivity (Wildman–Crippen MR) is 324 cm³/mol. The molecule has 0 saturated heterocycles. The Morgan fingerprint density at radius 3 is 0.957 bits per heavy atom.